The molecule has 0 aliphatic heterocycles. The van der Waals surface area contributed by atoms with Crippen molar-refractivity contribution in [1.29, 1.82) is 0 Å². The fourth-order valence-electron chi connectivity index (χ4n) is 17.5. The van der Waals surface area contributed by atoms with E-state index >= 15 is 0 Å². The number of carbonyl (C=O) groups is 2. The number of fused-ring (bicyclic) bond motifs is 10. The van der Waals surface area contributed by atoms with Gasteiger partial charge in [-0.15, -0.1) is 0 Å². The van der Waals surface area contributed by atoms with E-state index in [2.05, 4.69) is 41.5 Å². The molecule has 55 heavy (non-hydrogen) atoms. The summed E-state index contributed by atoms with van der Waals surface area (Å²) in [5.41, 5.74) is 1.71. The minimum Gasteiger partial charge on any atom is -0.550 e. The van der Waals surface area contributed by atoms with Gasteiger partial charge < -0.3 is 30.0 Å². The summed E-state index contributed by atoms with van der Waals surface area (Å²) in [5.74, 6) is 7.09. The smallest absolute Gasteiger partial charge is 0.550 e. The Morgan fingerprint density at radius 2 is 0.873 bits per heavy atom. The number of aliphatic carboxylic acids is 2. The Morgan fingerprint density at radius 3 is 1.24 bits per heavy atom. The van der Waals surface area contributed by atoms with Crippen LogP contribution in [0.25, 0.3) is 0 Å². The van der Waals surface area contributed by atoms with Crippen LogP contribution in [0.4, 0.5) is 0 Å². The van der Waals surface area contributed by atoms with Gasteiger partial charge in [-0.1, -0.05) is 41.5 Å². The standard InChI is InChI=1S/2C24H40O3.Sr/c2*1-15(4-9-22(26)27)19-7-8-20-18-6-5-16-14-17(25)10-12-23(16,2)21(18)11-13-24(19,20)3;/h2*15-21,25H,4-14H2,1-3H3,(H,26,27);/q;;+2/p-2/t2*15-,16?,17-,18+,19-,20+,21+,23+,24-;/m11./s1. The zero-order chi connectivity index (χ0) is 38.8. The third kappa shape index (κ3) is 8.25. The maximum atomic E-state index is 10.9. The van der Waals surface area contributed by atoms with Crippen molar-refractivity contribution in [3.63, 3.8) is 0 Å². The van der Waals surface area contributed by atoms with Gasteiger partial charge in [-0.2, -0.15) is 0 Å². The van der Waals surface area contributed by atoms with E-state index in [0.717, 1.165) is 85.9 Å². The number of carboxylic acid groups (broad SMARTS) is 2. The summed E-state index contributed by atoms with van der Waals surface area (Å²) in [4.78, 5) is 21.9. The third-order valence-electron chi connectivity index (χ3n) is 20.4. The summed E-state index contributed by atoms with van der Waals surface area (Å²) in [6.45, 7) is 14.8. The zero-order valence-electron chi connectivity index (χ0n) is 35.9. The van der Waals surface area contributed by atoms with Gasteiger partial charge in [0.25, 0.3) is 0 Å². The Bertz CT molecular complexity index is 1260. The number of aliphatic hydroxyl groups excluding tert-OH is 2. The molecule has 8 aliphatic rings. The number of aliphatic hydroxyl groups is 2. The summed E-state index contributed by atoms with van der Waals surface area (Å²) < 4.78 is 0. The molecule has 0 aromatic carbocycles. The molecular formula is C48H78O6Sr. The van der Waals surface area contributed by atoms with Crippen molar-refractivity contribution in [3.8, 4) is 0 Å². The fraction of sp³-hybridized carbons (Fsp3) is 0.958. The van der Waals surface area contributed by atoms with E-state index in [-0.39, 0.29) is 70.5 Å². The van der Waals surface area contributed by atoms with Gasteiger partial charge in [-0.25, -0.2) is 0 Å². The van der Waals surface area contributed by atoms with Gasteiger partial charge in [0.1, 0.15) is 0 Å². The van der Waals surface area contributed by atoms with Crippen LogP contribution in [0.2, 0.25) is 0 Å². The van der Waals surface area contributed by atoms with Gasteiger partial charge in [0.2, 0.25) is 0 Å². The van der Waals surface area contributed by atoms with Crippen LogP contribution in [0, 0.1) is 92.7 Å². The molecular weight excluding hydrogens is 760 g/mol. The largest absolute Gasteiger partial charge is 2.00 e. The van der Waals surface area contributed by atoms with E-state index in [0.29, 0.717) is 45.3 Å². The minimum absolute atomic E-state index is 0. The molecule has 6 nitrogen and oxygen atoms in total. The average molecular weight is 839 g/mol. The Morgan fingerprint density at radius 1 is 0.527 bits per heavy atom. The van der Waals surface area contributed by atoms with E-state index < -0.39 is 11.9 Å². The molecule has 2 unspecified atom stereocenters. The number of hydrogen-bond donors (Lipinski definition) is 2. The molecule has 0 heterocycles. The van der Waals surface area contributed by atoms with Crippen molar-refractivity contribution in [2.45, 2.75) is 195 Å². The molecule has 0 aromatic rings. The molecule has 8 fully saturated rings. The van der Waals surface area contributed by atoms with Crippen LogP contribution in [0.5, 0.6) is 0 Å². The third-order valence-corrected chi connectivity index (χ3v) is 20.4. The first kappa shape index (κ1) is 44.9. The molecule has 8 aliphatic carbocycles. The molecule has 0 aromatic heterocycles. The molecule has 2 N–H and O–H groups in total. The Hall–Kier alpha value is 0.341. The Kier molecular flexibility index (Phi) is 14.2. The van der Waals surface area contributed by atoms with E-state index in [9.17, 15) is 30.0 Å². The first-order valence-corrected chi connectivity index (χ1v) is 23.3. The summed E-state index contributed by atoms with van der Waals surface area (Å²) in [5, 5.41) is 42.2. The normalized spacial score (nSPS) is 49.5. The van der Waals surface area contributed by atoms with Crippen molar-refractivity contribution < 1.29 is 30.0 Å². The number of rotatable bonds is 8. The first-order valence-electron chi connectivity index (χ1n) is 23.3. The van der Waals surface area contributed by atoms with E-state index in [1.54, 1.807) is 0 Å². The number of carboxylic acids is 2. The molecule has 0 bridgehead atoms. The topological polar surface area (TPSA) is 121 Å². The second kappa shape index (κ2) is 17.4. The van der Waals surface area contributed by atoms with Gasteiger partial charge in [0.05, 0.1) is 12.2 Å². The van der Waals surface area contributed by atoms with Crippen LogP contribution in [0.3, 0.4) is 0 Å². The summed E-state index contributed by atoms with van der Waals surface area (Å²) in [7, 11) is 0. The predicted octanol–water partition coefficient (Wildman–Crippen LogP) is 7.96. The number of carbonyl (C=O) groups excluding carboxylic acids is 2. The number of hydrogen-bond acceptors (Lipinski definition) is 6. The van der Waals surface area contributed by atoms with Crippen LogP contribution in [0.1, 0.15) is 183 Å². The quantitative estimate of drug-likeness (QED) is 0.240. The summed E-state index contributed by atoms with van der Waals surface area (Å²) in [6.07, 6.45) is 24.3. The molecule has 0 saturated heterocycles. The molecule has 8 rings (SSSR count). The van der Waals surface area contributed by atoms with E-state index in [4.69, 9.17) is 0 Å². The Labute approximate surface area is 372 Å². The molecule has 18 atom stereocenters. The van der Waals surface area contributed by atoms with Crippen molar-refractivity contribution in [2.24, 2.45) is 92.7 Å². The zero-order valence-corrected chi connectivity index (χ0v) is 39.3. The van der Waals surface area contributed by atoms with Crippen LogP contribution >= 0.6 is 0 Å². The van der Waals surface area contributed by atoms with Gasteiger partial charge in [0, 0.05) is 11.9 Å². The molecule has 8 saturated carbocycles. The van der Waals surface area contributed by atoms with Crippen molar-refractivity contribution in [1.82, 2.24) is 0 Å². The maximum absolute atomic E-state index is 10.9. The second-order valence-corrected chi connectivity index (χ2v) is 22.4. The summed E-state index contributed by atoms with van der Waals surface area (Å²) in [6, 6.07) is 0. The van der Waals surface area contributed by atoms with Gasteiger partial charge >= 0.3 is 45.5 Å². The van der Waals surface area contributed by atoms with Gasteiger partial charge in [-0.05, 0) is 234 Å². The average Bonchev–Trinajstić information content (AvgIpc) is 3.67. The maximum Gasteiger partial charge on any atom is 2.00 e. The predicted molar refractivity (Wildman–Crippen MR) is 215 cm³/mol. The van der Waals surface area contributed by atoms with Crippen molar-refractivity contribution in [3.05, 3.63) is 0 Å². The minimum atomic E-state index is -0.893. The van der Waals surface area contributed by atoms with Crippen LogP contribution in [-0.2, 0) is 9.59 Å². The van der Waals surface area contributed by atoms with Crippen molar-refractivity contribution >= 4 is 57.4 Å². The molecule has 308 valence electrons. The van der Waals surface area contributed by atoms with Crippen LogP contribution in [-0.4, -0.2) is 79.8 Å². The second-order valence-electron chi connectivity index (χ2n) is 22.4. The molecule has 0 amide bonds. The Balaban J connectivity index is 0.000000184. The van der Waals surface area contributed by atoms with E-state index in [1.807, 2.05) is 0 Å². The molecule has 0 radical (unpaired) electrons. The van der Waals surface area contributed by atoms with Gasteiger partial charge in [-0.3, -0.25) is 0 Å². The van der Waals surface area contributed by atoms with E-state index in [1.165, 1.54) is 89.9 Å². The van der Waals surface area contributed by atoms with Crippen LogP contribution < -0.4 is 10.2 Å². The molecule has 0 spiro atoms. The monoisotopic (exact) mass is 838 g/mol. The molecule has 7 heteroatoms. The van der Waals surface area contributed by atoms with Gasteiger partial charge in [0.15, 0.2) is 0 Å². The summed E-state index contributed by atoms with van der Waals surface area (Å²) >= 11 is 0. The fourth-order valence-corrected chi connectivity index (χ4v) is 17.5. The van der Waals surface area contributed by atoms with Crippen LogP contribution in [0.15, 0.2) is 0 Å². The SMILES string of the molecule is C[C@H](CCC(=O)[O-])[C@H]1CC[C@H]2[C@@H]3CCC4C[C@H](O)CC[C@]4(C)[C@H]3CC[C@]12C.C[C@H](CCC(=O)[O-])[C@H]1CC[C@H]2[C@@H]3CCC4C[C@H](O)CC[C@]4(C)[C@H]3CC[C@]12C.[Sr+2]. The first-order chi connectivity index (χ1) is 25.5. The van der Waals surface area contributed by atoms with Crippen molar-refractivity contribution in [2.75, 3.05) is 0 Å².